The van der Waals surface area contributed by atoms with E-state index in [1.807, 2.05) is 25.1 Å². The summed E-state index contributed by atoms with van der Waals surface area (Å²) in [6.45, 7) is 8.69. The molecule has 0 atom stereocenters. The highest BCUT2D eigenvalue weighted by Gasteiger charge is 2.26. The molecule has 0 saturated carbocycles. The van der Waals surface area contributed by atoms with Crippen molar-refractivity contribution < 1.29 is 19.1 Å². The van der Waals surface area contributed by atoms with E-state index in [2.05, 4.69) is 6.58 Å². The third kappa shape index (κ3) is 3.29. The van der Waals surface area contributed by atoms with Gasteiger partial charge in [0.2, 0.25) is 0 Å². The van der Waals surface area contributed by atoms with Crippen molar-refractivity contribution in [1.82, 2.24) is 0 Å². The third-order valence-corrected chi connectivity index (χ3v) is 4.47. The van der Waals surface area contributed by atoms with Crippen molar-refractivity contribution in [2.45, 2.75) is 46.5 Å². The number of benzene rings is 2. The molecule has 0 fully saturated rings. The van der Waals surface area contributed by atoms with Gasteiger partial charge in [-0.05, 0) is 45.6 Å². The number of fused-ring (bicyclic) bond motifs is 2. The number of esters is 2. The molecule has 1 aliphatic carbocycles. The Kier molecular flexibility index (Phi) is 4.62. The van der Waals surface area contributed by atoms with Gasteiger partial charge in [-0.15, -0.1) is 0 Å². The van der Waals surface area contributed by atoms with Gasteiger partial charge in [-0.25, -0.2) is 4.79 Å². The Morgan fingerprint density at radius 1 is 0.960 bits per heavy atom. The fourth-order valence-electron chi connectivity index (χ4n) is 3.33. The van der Waals surface area contributed by atoms with Crippen molar-refractivity contribution in [2.24, 2.45) is 0 Å². The molecular formula is C21H22O4. The molecule has 3 rings (SSSR count). The number of carbonyl (C=O) groups is 2. The molecule has 0 aromatic heterocycles. The van der Waals surface area contributed by atoms with Crippen molar-refractivity contribution >= 4 is 22.7 Å². The lowest BCUT2D eigenvalue weighted by Crippen LogP contribution is -2.15. The molecule has 4 heteroatoms. The van der Waals surface area contributed by atoms with Gasteiger partial charge in [0.25, 0.3) is 0 Å². The highest BCUT2D eigenvalue weighted by atomic mass is 16.5. The summed E-state index contributed by atoms with van der Waals surface area (Å²) < 4.78 is 11.3. The van der Waals surface area contributed by atoms with Crippen LogP contribution in [-0.2, 0) is 22.4 Å². The molecule has 0 unspecified atom stereocenters. The first-order valence-electron chi connectivity index (χ1n) is 8.52. The molecule has 2 aromatic rings. The monoisotopic (exact) mass is 338 g/mol. The molecule has 0 saturated heterocycles. The van der Waals surface area contributed by atoms with Crippen molar-refractivity contribution in [1.29, 1.82) is 0 Å². The van der Waals surface area contributed by atoms with Crippen LogP contribution in [0.5, 0.6) is 11.5 Å². The minimum absolute atomic E-state index is 0.345. The Labute approximate surface area is 147 Å². The Hall–Kier alpha value is -2.62. The molecule has 25 heavy (non-hydrogen) atoms. The van der Waals surface area contributed by atoms with Gasteiger partial charge in [0.05, 0.1) is 0 Å². The van der Waals surface area contributed by atoms with Crippen LogP contribution in [0.2, 0.25) is 0 Å². The van der Waals surface area contributed by atoms with Crippen LogP contribution < -0.4 is 9.47 Å². The molecule has 0 aliphatic heterocycles. The van der Waals surface area contributed by atoms with E-state index in [0.29, 0.717) is 17.1 Å². The maximum Gasteiger partial charge on any atom is 0.338 e. The van der Waals surface area contributed by atoms with Crippen molar-refractivity contribution in [3.63, 3.8) is 0 Å². The van der Waals surface area contributed by atoms with Gasteiger partial charge in [0.1, 0.15) is 11.5 Å². The molecule has 0 N–H and O–H groups in total. The van der Waals surface area contributed by atoms with E-state index in [1.165, 1.54) is 6.92 Å². The van der Waals surface area contributed by atoms with Crippen LogP contribution in [0.4, 0.5) is 0 Å². The fourth-order valence-corrected chi connectivity index (χ4v) is 3.33. The van der Waals surface area contributed by atoms with Gasteiger partial charge < -0.3 is 9.47 Å². The van der Waals surface area contributed by atoms with E-state index in [-0.39, 0.29) is 5.97 Å². The summed E-state index contributed by atoms with van der Waals surface area (Å²) in [4.78, 5) is 23.8. The number of carbonyl (C=O) groups excluding carboxylic acids is 2. The lowest BCUT2D eigenvalue weighted by Gasteiger charge is -2.24. The summed E-state index contributed by atoms with van der Waals surface area (Å²) in [6.07, 6.45) is 3.64. The van der Waals surface area contributed by atoms with E-state index >= 15 is 0 Å². The highest BCUT2D eigenvalue weighted by Crippen LogP contribution is 2.44. The minimum Gasteiger partial charge on any atom is -0.426 e. The van der Waals surface area contributed by atoms with Crippen LogP contribution in [-0.4, -0.2) is 11.9 Å². The Morgan fingerprint density at radius 2 is 1.56 bits per heavy atom. The van der Waals surface area contributed by atoms with E-state index in [9.17, 15) is 9.59 Å². The van der Waals surface area contributed by atoms with Crippen molar-refractivity contribution in [3.8, 4) is 11.5 Å². The third-order valence-electron chi connectivity index (χ3n) is 4.47. The van der Waals surface area contributed by atoms with Crippen LogP contribution >= 0.6 is 0 Å². The molecule has 0 heterocycles. The number of hydrogen-bond donors (Lipinski definition) is 0. The van der Waals surface area contributed by atoms with Gasteiger partial charge >= 0.3 is 11.9 Å². The quantitative estimate of drug-likeness (QED) is 0.472. The maximum absolute atomic E-state index is 12.2. The highest BCUT2D eigenvalue weighted by molar-refractivity contribution is 6.00. The zero-order valence-corrected chi connectivity index (χ0v) is 14.9. The van der Waals surface area contributed by atoms with Crippen LogP contribution in [0.3, 0.4) is 0 Å². The molecule has 0 spiro atoms. The second-order valence-corrected chi connectivity index (χ2v) is 6.63. The normalized spacial score (nSPS) is 13.2. The molecule has 0 radical (unpaired) electrons. The molecule has 0 bridgehead atoms. The topological polar surface area (TPSA) is 52.6 Å². The second kappa shape index (κ2) is 6.71. The summed E-state index contributed by atoms with van der Waals surface area (Å²) in [5, 5.41) is 1.59. The van der Waals surface area contributed by atoms with Crippen LogP contribution in [0.25, 0.3) is 10.8 Å². The number of ether oxygens (including phenoxy) is 2. The van der Waals surface area contributed by atoms with Gasteiger partial charge in [0.15, 0.2) is 0 Å². The molecular weight excluding hydrogens is 316 g/mol. The summed E-state index contributed by atoms with van der Waals surface area (Å²) in [7, 11) is 0. The number of hydrogen-bond acceptors (Lipinski definition) is 4. The van der Waals surface area contributed by atoms with Crippen LogP contribution in [0, 0.1) is 6.92 Å². The summed E-state index contributed by atoms with van der Waals surface area (Å²) in [5.41, 5.74) is 3.35. The van der Waals surface area contributed by atoms with E-state index in [0.717, 1.165) is 53.1 Å². The molecule has 0 amide bonds. The van der Waals surface area contributed by atoms with E-state index in [4.69, 9.17) is 9.47 Å². The maximum atomic E-state index is 12.2. The van der Waals surface area contributed by atoms with Crippen molar-refractivity contribution in [3.05, 3.63) is 47.0 Å². The average molecular weight is 338 g/mol. The predicted octanol–water partition coefficient (Wildman–Crippen LogP) is 4.43. The largest absolute Gasteiger partial charge is 0.426 e. The lowest BCUT2D eigenvalue weighted by atomic mass is 9.87. The first-order chi connectivity index (χ1) is 11.9. The SMILES string of the molecule is C=C(C)C(=O)Oc1c2c(c(OC(C)=O)c3cc(C)ccc13)CCCC2. The minimum atomic E-state index is -0.435. The summed E-state index contributed by atoms with van der Waals surface area (Å²) in [6, 6.07) is 5.86. The Balaban J connectivity index is 2.33. The zero-order chi connectivity index (χ0) is 18.1. The zero-order valence-electron chi connectivity index (χ0n) is 14.9. The Bertz CT molecular complexity index is 893. The van der Waals surface area contributed by atoms with Gasteiger partial charge in [-0.1, -0.05) is 24.3 Å². The molecule has 1 aliphatic rings. The van der Waals surface area contributed by atoms with Gasteiger partial charge in [-0.2, -0.15) is 0 Å². The molecule has 2 aromatic carbocycles. The summed E-state index contributed by atoms with van der Waals surface area (Å²) in [5.74, 6) is 0.404. The molecule has 130 valence electrons. The van der Waals surface area contributed by atoms with Gasteiger partial charge in [-0.3, -0.25) is 4.79 Å². The number of aryl methyl sites for hydroxylation is 1. The molecule has 4 nitrogen and oxygen atoms in total. The van der Waals surface area contributed by atoms with Crippen molar-refractivity contribution in [2.75, 3.05) is 0 Å². The lowest BCUT2D eigenvalue weighted by molar-refractivity contribution is -0.132. The van der Waals surface area contributed by atoms with E-state index < -0.39 is 5.97 Å². The second-order valence-electron chi connectivity index (χ2n) is 6.63. The van der Waals surface area contributed by atoms with Crippen LogP contribution in [0.15, 0.2) is 30.4 Å². The smallest absolute Gasteiger partial charge is 0.338 e. The standard InChI is InChI=1S/C21H22O4/c1-12(2)21(23)25-19-15-7-5-6-8-16(15)20(24-14(4)22)18-11-13(3)9-10-17(18)19/h9-11H,1,5-8H2,2-4H3. The first-order valence-corrected chi connectivity index (χ1v) is 8.52. The van der Waals surface area contributed by atoms with E-state index in [1.54, 1.807) is 6.92 Å². The number of rotatable bonds is 3. The Morgan fingerprint density at radius 3 is 2.12 bits per heavy atom. The first kappa shape index (κ1) is 17.2. The average Bonchev–Trinajstić information content (AvgIpc) is 2.57. The predicted molar refractivity (Wildman–Crippen MR) is 97.1 cm³/mol. The van der Waals surface area contributed by atoms with Crippen LogP contribution in [0.1, 0.15) is 43.4 Å². The summed E-state index contributed by atoms with van der Waals surface area (Å²) >= 11 is 0. The van der Waals surface area contributed by atoms with Gasteiger partial charge in [0, 0.05) is 34.4 Å². The fraction of sp³-hybridized carbons (Fsp3) is 0.333.